The summed E-state index contributed by atoms with van der Waals surface area (Å²) in [6.07, 6.45) is 5.42. The van der Waals surface area contributed by atoms with Crippen LogP contribution in [0.1, 0.15) is 19.5 Å². The van der Waals surface area contributed by atoms with E-state index < -0.39 is 0 Å². The zero-order chi connectivity index (χ0) is 8.60. The Morgan fingerprint density at radius 2 is 2.00 bits per heavy atom. The predicted octanol–water partition coefficient (Wildman–Crippen LogP) is -1.01. The van der Waals surface area contributed by atoms with Gasteiger partial charge in [-0.1, -0.05) is 0 Å². The first-order chi connectivity index (χ1) is 5.67. The van der Waals surface area contributed by atoms with Gasteiger partial charge in [0.2, 0.25) is 0 Å². The minimum absolute atomic E-state index is 0. The highest BCUT2D eigenvalue weighted by Crippen LogP contribution is 2.16. The summed E-state index contributed by atoms with van der Waals surface area (Å²) in [5, 5.41) is 6.52. The second-order valence-corrected chi connectivity index (χ2v) is 3.42. The van der Waals surface area contributed by atoms with E-state index in [2.05, 4.69) is 34.4 Å². The van der Waals surface area contributed by atoms with E-state index in [1.807, 2.05) is 6.20 Å². The Morgan fingerprint density at radius 1 is 1.29 bits per heavy atom. The molecular formula is C8H16N4O2. The fourth-order valence-corrected chi connectivity index (χ4v) is 1.21. The molecular weight excluding hydrogens is 184 g/mol. The van der Waals surface area contributed by atoms with Crippen LogP contribution in [-0.4, -0.2) is 26.6 Å². The standard InChI is InChI=1S/C8H12N4.2H2O/c1-8(2)11-4-7(12-8)6-3-9-5-10-6;;/h3-5,11-12H,1-2H3,(H,9,10);2*1H2. The third-order valence-electron chi connectivity index (χ3n) is 1.81. The molecule has 2 rings (SSSR count). The Kier molecular flexibility index (Phi) is 3.67. The Balaban J connectivity index is 0.000000845. The van der Waals surface area contributed by atoms with E-state index in [-0.39, 0.29) is 16.6 Å². The Bertz CT molecular complexity index is 305. The van der Waals surface area contributed by atoms with Gasteiger partial charge in [-0.05, 0) is 13.8 Å². The summed E-state index contributed by atoms with van der Waals surface area (Å²) in [7, 11) is 0. The predicted molar refractivity (Wildman–Crippen MR) is 54.1 cm³/mol. The molecule has 0 saturated heterocycles. The molecule has 14 heavy (non-hydrogen) atoms. The van der Waals surface area contributed by atoms with Crippen LogP contribution in [0.5, 0.6) is 0 Å². The first kappa shape index (κ1) is 12.5. The van der Waals surface area contributed by atoms with Crippen LogP contribution in [0.25, 0.3) is 5.70 Å². The van der Waals surface area contributed by atoms with Crippen LogP contribution in [0.3, 0.4) is 0 Å². The van der Waals surface area contributed by atoms with Crippen molar-refractivity contribution < 1.29 is 11.0 Å². The SMILES string of the molecule is CC1(C)NC=C(c2cnc[nH]2)N1.O.O. The van der Waals surface area contributed by atoms with Gasteiger partial charge in [-0.25, -0.2) is 4.98 Å². The van der Waals surface area contributed by atoms with Crippen molar-refractivity contribution in [1.82, 2.24) is 20.6 Å². The summed E-state index contributed by atoms with van der Waals surface area (Å²) >= 11 is 0. The van der Waals surface area contributed by atoms with Crippen LogP contribution in [0.15, 0.2) is 18.7 Å². The van der Waals surface area contributed by atoms with Crippen LogP contribution in [0, 0.1) is 0 Å². The van der Waals surface area contributed by atoms with Crippen LogP contribution in [-0.2, 0) is 0 Å². The zero-order valence-electron chi connectivity index (χ0n) is 8.18. The van der Waals surface area contributed by atoms with Crippen molar-refractivity contribution in [2.75, 3.05) is 0 Å². The van der Waals surface area contributed by atoms with Gasteiger partial charge in [0, 0.05) is 6.20 Å². The largest absolute Gasteiger partial charge is 0.412 e. The second-order valence-electron chi connectivity index (χ2n) is 3.42. The van der Waals surface area contributed by atoms with E-state index in [1.165, 1.54) is 0 Å². The fourth-order valence-electron chi connectivity index (χ4n) is 1.21. The smallest absolute Gasteiger partial charge is 0.102 e. The molecule has 6 nitrogen and oxygen atoms in total. The van der Waals surface area contributed by atoms with Crippen molar-refractivity contribution in [1.29, 1.82) is 0 Å². The van der Waals surface area contributed by atoms with Crippen molar-refractivity contribution in [2.24, 2.45) is 0 Å². The van der Waals surface area contributed by atoms with E-state index in [9.17, 15) is 0 Å². The minimum Gasteiger partial charge on any atom is -0.412 e. The lowest BCUT2D eigenvalue weighted by Crippen LogP contribution is -2.42. The van der Waals surface area contributed by atoms with Gasteiger partial charge in [-0.2, -0.15) is 0 Å². The van der Waals surface area contributed by atoms with E-state index in [1.54, 1.807) is 12.5 Å². The number of imidazole rings is 1. The van der Waals surface area contributed by atoms with Gasteiger partial charge in [0.15, 0.2) is 0 Å². The van der Waals surface area contributed by atoms with Gasteiger partial charge in [0.1, 0.15) is 5.66 Å². The third kappa shape index (κ3) is 2.24. The van der Waals surface area contributed by atoms with Crippen molar-refractivity contribution in [3.8, 4) is 0 Å². The molecule has 0 radical (unpaired) electrons. The molecule has 1 aliphatic heterocycles. The molecule has 80 valence electrons. The molecule has 2 heterocycles. The van der Waals surface area contributed by atoms with Gasteiger partial charge in [-0.15, -0.1) is 0 Å². The average Bonchev–Trinajstić information content (AvgIpc) is 2.55. The molecule has 0 spiro atoms. The second kappa shape index (κ2) is 4.12. The van der Waals surface area contributed by atoms with Crippen molar-refractivity contribution in [3.05, 3.63) is 24.4 Å². The summed E-state index contributed by atoms with van der Waals surface area (Å²) in [5.41, 5.74) is 2.01. The molecule has 6 heteroatoms. The molecule has 0 fully saturated rings. The lowest BCUT2D eigenvalue weighted by atomic mass is 10.2. The van der Waals surface area contributed by atoms with Crippen molar-refractivity contribution >= 4 is 5.70 Å². The highest BCUT2D eigenvalue weighted by Gasteiger charge is 2.23. The maximum Gasteiger partial charge on any atom is 0.102 e. The maximum atomic E-state index is 3.95. The summed E-state index contributed by atoms with van der Waals surface area (Å²) in [4.78, 5) is 6.99. The number of hydrogen-bond acceptors (Lipinski definition) is 3. The number of rotatable bonds is 1. The maximum absolute atomic E-state index is 3.95. The van der Waals surface area contributed by atoms with Gasteiger partial charge < -0.3 is 26.6 Å². The highest BCUT2D eigenvalue weighted by atomic mass is 16.0. The average molecular weight is 200 g/mol. The molecule has 0 aromatic carbocycles. The first-order valence-corrected chi connectivity index (χ1v) is 3.92. The number of aromatic nitrogens is 2. The minimum atomic E-state index is -0.0551. The third-order valence-corrected chi connectivity index (χ3v) is 1.81. The molecule has 0 aliphatic carbocycles. The molecule has 7 N–H and O–H groups in total. The molecule has 0 amide bonds. The van der Waals surface area contributed by atoms with Gasteiger partial charge >= 0.3 is 0 Å². The van der Waals surface area contributed by atoms with Crippen molar-refractivity contribution in [2.45, 2.75) is 19.5 Å². The molecule has 0 unspecified atom stereocenters. The van der Waals surface area contributed by atoms with Gasteiger partial charge in [0.25, 0.3) is 0 Å². The Morgan fingerprint density at radius 3 is 2.43 bits per heavy atom. The highest BCUT2D eigenvalue weighted by molar-refractivity contribution is 5.62. The van der Waals surface area contributed by atoms with Crippen LogP contribution < -0.4 is 10.6 Å². The van der Waals surface area contributed by atoms with Crippen LogP contribution in [0.4, 0.5) is 0 Å². The lowest BCUT2D eigenvalue weighted by Gasteiger charge is -2.20. The molecule has 1 aromatic rings. The Labute approximate surface area is 82.1 Å². The summed E-state index contributed by atoms with van der Waals surface area (Å²) in [6, 6.07) is 0. The monoisotopic (exact) mass is 200 g/mol. The first-order valence-electron chi connectivity index (χ1n) is 3.92. The summed E-state index contributed by atoms with van der Waals surface area (Å²) in [6.45, 7) is 4.15. The number of aromatic amines is 1. The molecule has 1 aliphatic rings. The molecule has 1 aromatic heterocycles. The number of nitrogens with zero attached hydrogens (tertiary/aromatic N) is 1. The Hall–Kier alpha value is -1.53. The fraction of sp³-hybridized carbons (Fsp3) is 0.375. The quantitative estimate of drug-likeness (QED) is 0.539. The zero-order valence-corrected chi connectivity index (χ0v) is 8.18. The van der Waals surface area contributed by atoms with Crippen LogP contribution in [0.2, 0.25) is 0 Å². The van der Waals surface area contributed by atoms with Gasteiger partial charge in [0.05, 0.1) is 23.9 Å². The van der Waals surface area contributed by atoms with Crippen LogP contribution >= 0.6 is 0 Å². The van der Waals surface area contributed by atoms with E-state index >= 15 is 0 Å². The lowest BCUT2D eigenvalue weighted by molar-refractivity contribution is 0.429. The summed E-state index contributed by atoms with van der Waals surface area (Å²) in [5.74, 6) is 0. The normalized spacial score (nSPS) is 16.9. The molecule has 0 bridgehead atoms. The van der Waals surface area contributed by atoms with E-state index in [0.29, 0.717) is 0 Å². The van der Waals surface area contributed by atoms with Gasteiger partial charge in [-0.3, -0.25) is 0 Å². The van der Waals surface area contributed by atoms with E-state index in [0.717, 1.165) is 11.4 Å². The number of H-pyrrole nitrogens is 1. The number of hydrogen-bond donors (Lipinski definition) is 3. The molecule has 0 atom stereocenters. The van der Waals surface area contributed by atoms with Crippen molar-refractivity contribution in [3.63, 3.8) is 0 Å². The summed E-state index contributed by atoms with van der Waals surface area (Å²) < 4.78 is 0. The topological polar surface area (TPSA) is 116 Å². The molecule has 0 saturated carbocycles. The van der Waals surface area contributed by atoms with E-state index in [4.69, 9.17) is 0 Å². The number of nitrogens with one attached hydrogen (secondary N) is 3.